The molecule has 0 saturated carbocycles. The van der Waals surface area contributed by atoms with E-state index >= 15 is 0 Å². The number of pyridine rings is 1. The van der Waals surface area contributed by atoms with Crippen molar-refractivity contribution in [3.8, 4) is 0 Å². The SMILES string of the molecule is Cl.O=C(CCc1ccccn1)N1CCC(C2CCCN2)CC1. The molecule has 3 heterocycles. The van der Waals surface area contributed by atoms with Crippen LogP contribution in [0.4, 0.5) is 0 Å². The van der Waals surface area contributed by atoms with Crippen LogP contribution in [0, 0.1) is 5.92 Å². The first kappa shape index (κ1) is 17.2. The number of aromatic nitrogens is 1. The van der Waals surface area contributed by atoms with Gasteiger partial charge in [-0.05, 0) is 56.7 Å². The number of piperidine rings is 1. The van der Waals surface area contributed by atoms with Gasteiger partial charge in [0.05, 0.1) is 0 Å². The summed E-state index contributed by atoms with van der Waals surface area (Å²) in [6, 6.07) is 6.58. The molecular formula is C17H26ClN3O. The summed E-state index contributed by atoms with van der Waals surface area (Å²) in [7, 11) is 0. The summed E-state index contributed by atoms with van der Waals surface area (Å²) in [5, 5.41) is 3.61. The van der Waals surface area contributed by atoms with Crippen LogP contribution in [0.25, 0.3) is 0 Å². The fraction of sp³-hybridized carbons (Fsp3) is 0.647. The molecule has 0 radical (unpaired) electrons. The van der Waals surface area contributed by atoms with Gasteiger partial charge in [-0.1, -0.05) is 6.07 Å². The van der Waals surface area contributed by atoms with Crippen molar-refractivity contribution in [2.75, 3.05) is 19.6 Å². The van der Waals surface area contributed by atoms with Crippen molar-refractivity contribution in [2.45, 2.75) is 44.6 Å². The third kappa shape index (κ3) is 4.43. The van der Waals surface area contributed by atoms with E-state index in [-0.39, 0.29) is 12.4 Å². The maximum atomic E-state index is 12.3. The van der Waals surface area contributed by atoms with E-state index < -0.39 is 0 Å². The van der Waals surface area contributed by atoms with Crippen LogP contribution in [-0.4, -0.2) is 41.5 Å². The topological polar surface area (TPSA) is 45.2 Å². The van der Waals surface area contributed by atoms with Crippen LogP contribution in [0.3, 0.4) is 0 Å². The monoisotopic (exact) mass is 323 g/mol. The second-order valence-electron chi connectivity index (χ2n) is 6.24. The number of aryl methyl sites for hydroxylation is 1. The number of amides is 1. The fourth-order valence-corrected chi connectivity index (χ4v) is 3.60. The van der Waals surface area contributed by atoms with E-state index in [2.05, 4.69) is 10.3 Å². The first-order valence-electron chi connectivity index (χ1n) is 8.24. The minimum Gasteiger partial charge on any atom is -0.343 e. The fourth-order valence-electron chi connectivity index (χ4n) is 3.60. The molecule has 122 valence electrons. The van der Waals surface area contributed by atoms with E-state index in [1.165, 1.54) is 19.4 Å². The average molecular weight is 324 g/mol. The lowest BCUT2D eigenvalue weighted by Gasteiger charge is -2.35. The summed E-state index contributed by atoms with van der Waals surface area (Å²) in [4.78, 5) is 18.6. The predicted molar refractivity (Wildman–Crippen MR) is 90.1 cm³/mol. The number of carbonyl (C=O) groups is 1. The van der Waals surface area contributed by atoms with Gasteiger partial charge in [-0.3, -0.25) is 9.78 Å². The Labute approximate surface area is 139 Å². The average Bonchev–Trinajstić information content (AvgIpc) is 3.08. The van der Waals surface area contributed by atoms with Gasteiger partial charge in [-0.25, -0.2) is 0 Å². The molecule has 0 aliphatic carbocycles. The van der Waals surface area contributed by atoms with E-state index in [4.69, 9.17) is 0 Å². The molecule has 0 aromatic carbocycles. The molecule has 4 nitrogen and oxygen atoms in total. The molecule has 1 aromatic rings. The van der Waals surface area contributed by atoms with Gasteiger partial charge in [0.25, 0.3) is 0 Å². The van der Waals surface area contributed by atoms with Crippen molar-refractivity contribution in [3.63, 3.8) is 0 Å². The normalized spacial score (nSPS) is 22.4. The summed E-state index contributed by atoms with van der Waals surface area (Å²) in [5.41, 5.74) is 1.01. The third-order valence-electron chi connectivity index (χ3n) is 4.88. The van der Waals surface area contributed by atoms with Crippen LogP contribution in [-0.2, 0) is 11.2 Å². The highest BCUT2D eigenvalue weighted by Gasteiger charge is 2.29. The zero-order chi connectivity index (χ0) is 14.5. The molecule has 1 unspecified atom stereocenters. The molecule has 1 aromatic heterocycles. The Morgan fingerprint density at radius 3 is 2.73 bits per heavy atom. The number of carbonyl (C=O) groups excluding carboxylic acids is 1. The van der Waals surface area contributed by atoms with Gasteiger partial charge in [0.2, 0.25) is 5.91 Å². The number of likely N-dealkylation sites (tertiary alicyclic amines) is 1. The summed E-state index contributed by atoms with van der Waals surface area (Å²) in [6.07, 6.45) is 8.08. The predicted octanol–water partition coefficient (Wildman–Crippen LogP) is 2.43. The highest BCUT2D eigenvalue weighted by Crippen LogP contribution is 2.25. The smallest absolute Gasteiger partial charge is 0.222 e. The first-order valence-corrected chi connectivity index (χ1v) is 8.24. The summed E-state index contributed by atoms with van der Waals surface area (Å²) in [6.45, 7) is 3.04. The number of hydrogen-bond donors (Lipinski definition) is 1. The molecule has 0 bridgehead atoms. The lowest BCUT2D eigenvalue weighted by atomic mass is 9.88. The third-order valence-corrected chi connectivity index (χ3v) is 4.88. The van der Waals surface area contributed by atoms with Crippen molar-refractivity contribution in [2.24, 2.45) is 5.92 Å². The summed E-state index contributed by atoms with van der Waals surface area (Å²) in [5.74, 6) is 1.06. The van der Waals surface area contributed by atoms with E-state index in [1.807, 2.05) is 23.1 Å². The van der Waals surface area contributed by atoms with Crippen LogP contribution < -0.4 is 5.32 Å². The van der Waals surface area contributed by atoms with Gasteiger partial charge in [-0.2, -0.15) is 0 Å². The highest BCUT2D eigenvalue weighted by molar-refractivity contribution is 5.85. The Hall–Kier alpha value is -1.13. The van der Waals surface area contributed by atoms with Crippen molar-refractivity contribution in [3.05, 3.63) is 30.1 Å². The Morgan fingerprint density at radius 1 is 1.27 bits per heavy atom. The standard InChI is InChI=1S/C17H25N3O.ClH/c21-17(7-6-15-4-1-2-10-18-15)20-12-8-14(9-13-20)16-5-3-11-19-16;/h1-2,4,10,14,16,19H,3,5-9,11-13H2;1H. The Kier molecular flexibility index (Phi) is 6.65. The van der Waals surface area contributed by atoms with Crippen molar-refractivity contribution >= 4 is 18.3 Å². The Bertz CT molecular complexity index is 454. The molecule has 1 amide bonds. The van der Waals surface area contributed by atoms with Crippen LogP contribution in [0.5, 0.6) is 0 Å². The zero-order valence-electron chi connectivity index (χ0n) is 13.0. The molecule has 2 aliphatic rings. The molecule has 2 aliphatic heterocycles. The van der Waals surface area contributed by atoms with E-state index in [0.29, 0.717) is 18.4 Å². The molecule has 3 rings (SSSR count). The number of halogens is 1. The molecule has 2 fully saturated rings. The highest BCUT2D eigenvalue weighted by atomic mass is 35.5. The van der Waals surface area contributed by atoms with Crippen LogP contribution >= 0.6 is 12.4 Å². The van der Waals surface area contributed by atoms with Crippen LogP contribution in [0.15, 0.2) is 24.4 Å². The summed E-state index contributed by atoms with van der Waals surface area (Å²) < 4.78 is 0. The van der Waals surface area contributed by atoms with Gasteiger partial charge in [0, 0.05) is 37.4 Å². The van der Waals surface area contributed by atoms with Crippen LogP contribution in [0.2, 0.25) is 0 Å². The minimum atomic E-state index is 0. The molecule has 22 heavy (non-hydrogen) atoms. The van der Waals surface area contributed by atoms with Gasteiger partial charge >= 0.3 is 0 Å². The number of nitrogens with one attached hydrogen (secondary N) is 1. The second-order valence-corrected chi connectivity index (χ2v) is 6.24. The maximum absolute atomic E-state index is 12.3. The molecule has 0 spiro atoms. The van der Waals surface area contributed by atoms with Crippen molar-refractivity contribution < 1.29 is 4.79 Å². The van der Waals surface area contributed by atoms with Gasteiger partial charge in [0.1, 0.15) is 0 Å². The molecular weight excluding hydrogens is 298 g/mol. The lowest BCUT2D eigenvalue weighted by molar-refractivity contribution is -0.132. The Balaban J connectivity index is 0.00000176. The number of nitrogens with zero attached hydrogens (tertiary/aromatic N) is 2. The van der Waals surface area contributed by atoms with Gasteiger partial charge < -0.3 is 10.2 Å². The quantitative estimate of drug-likeness (QED) is 0.925. The van der Waals surface area contributed by atoms with E-state index in [1.54, 1.807) is 6.20 Å². The van der Waals surface area contributed by atoms with Gasteiger partial charge in [-0.15, -0.1) is 12.4 Å². The van der Waals surface area contributed by atoms with Crippen molar-refractivity contribution in [1.82, 2.24) is 15.2 Å². The first-order chi connectivity index (χ1) is 10.3. The minimum absolute atomic E-state index is 0. The van der Waals surface area contributed by atoms with Crippen molar-refractivity contribution in [1.29, 1.82) is 0 Å². The maximum Gasteiger partial charge on any atom is 0.222 e. The second kappa shape index (κ2) is 8.49. The molecule has 2 saturated heterocycles. The Morgan fingerprint density at radius 2 is 2.09 bits per heavy atom. The lowest BCUT2D eigenvalue weighted by Crippen LogP contribution is -2.43. The largest absolute Gasteiger partial charge is 0.343 e. The summed E-state index contributed by atoms with van der Waals surface area (Å²) >= 11 is 0. The number of rotatable bonds is 4. The number of hydrogen-bond acceptors (Lipinski definition) is 3. The van der Waals surface area contributed by atoms with Gasteiger partial charge in [0.15, 0.2) is 0 Å². The molecule has 1 N–H and O–H groups in total. The van der Waals surface area contributed by atoms with E-state index in [9.17, 15) is 4.79 Å². The molecule has 1 atom stereocenters. The van der Waals surface area contributed by atoms with Crippen LogP contribution in [0.1, 0.15) is 37.8 Å². The zero-order valence-corrected chi connectivity index (χ0v) is 13.9. The molecule has 5 heteroatoms. The van der Waals surface area contributed by atoms with E-state index in [0.717, 1.165) is 44.0 Å².